The fraction of sp³-hybridized carbons (Fsp3) is 0.118. The molecule has 0 atom stereocenters. The number of benzene rings is 2. The van der Waals surface area contributed by atoms with Crippen molar-refractivity contribution in [2.45, 2.75) is 12.8 Å². The summed E-state index contributed by atoms with van der Waals surface area (Å²) < 4.78 is 0. The molecule has 0 bridgehead atoms. The van der Waals surface area contributed by atoms with Crippen molar-refractivity contribution in [3.05, 3.63) is 68.7 Å². The molecule has 2 rings (SSSR count). The van der Waals surface area contributed by atoms with Gasteiger partial charge in [-0.3, -0.25) is 19.7 Å². The predicted molar refractivity (Wildman–Crippen MR) is 97.7 cm³/mol. The van der Waals surface area contributed by atoms with E-state index < -0.39 is 16.8 Å². The Labute approximate surface area is 158 Å². The summed E-state index contributed by atoms with van der Waals surface area (Å²) in [5.41, 5.74) is 0.787. The summed E-state index contributed by atoms with van der Waals surface area (Å²) in [6, 6.07) is 9.88. The van der Waals surface area contributed by atoms with Gasteiger partial charge in [0, 0.05) is 23.7 Å². The molecule has 3 N–H and O–H groups in total. The summed E-state index contributed by atoms with van der Waals surface area (Å²) in [7, 11) is 0. The third-order valence-corrected chi connectivity index (χ3v) is 3.90. The van der Waals surface area contributed by atoms with Crippen LogP contribution in [0.15, 0.2) is 47.6 Å². The average Bonchev–Trinajstić information content (AvgIpc) is 2.63. The zero-order valence-corrected chi connectivity index (χ0v) is 14.5. The van der Waals surface area contributed by atoms with E-state index in [1.807, 2.05) is 0 Å². The molecule has 0 aromatic heterocycles. The maximum atomic E-state index is 12.2. The van der Waals surface area contributed by atoms with Gasteiger partial charge < -0.3 is 15.6 Å². The second kappa shape index (κ2) is 8.77. The summed E-state index contributed by atoms with van der Waals surface area (Å²) in [5.74, 6) is -1.58. The van der Waals surface area contributed by atoms with Gasteiger partial charge in [-0.05, 0) is 29.8 Å². The highest BCUT2D eigenvalue weighted by Crippen LogP contribution is 2.25. The Kier molecular flexibility index (Phi) is 6.45. The number of carboxylic acid groups (broad SMARTS) is 1. The molecule has 10 heteroatoms. The van der Waals surface area contributed by atoms with Crippen LogP contribution in [0, 0.1) is 10.1 Å². The Bertz CT molecular complexity index is 911. The van der Waals surface area contributed by atoms with Gasteiger partial charge in [0.2, 0.25) is 0 Å². The lowest BCUT2D eigenvalue weighted by molar-refractivity contribution is -0.384. The van der Waals surface area contributed by atoms with Crippen molar-refractivity contribution in [1.82, 2.24) is 0 Å². The minimum absolute atomic E-state index is 0.0476. The third kappa shape index (κ3) is 5.25. The molecule has 1 amide bonds. The maximum Gasteiger partial charge on any atom is 0.303 e. The summed E-state index contributed by atoms with van der Waals surface area (Å²) in [5, 5.41) is 34.2. The average molecular weight is 392 g/mol. The van der Waals surface area contributed by atoms with Gasteiger partial charge >= 0.3 is 5.97 Å². The zero-order valence-electron chi connectivity index (χ0n) is 13.8. The van der Waals surface area contributed by atoms with Gasteiger partial charge in [0.25, 0.3) is 11.6 Å². The van der Waals surface area contributed by atoms with E-state index in [2.05, 4.69) is 10.5 Å². The first-order chi connectivity index (χ1) is 12.8. The second-order valence-electron chi connectivity index (χ2n) is 5.40. The van der Waals surface area contributed by atoms with Gasteiger partial charge in [0.05, 0.1) is 17.1 Å². The van der Waals surface area contributed by atoms with Crippen LogP contribution in [-0.4, -0.2) is 32.8 Å². The number of nitrogens with one attached hydrogen (secondary N) is 1. The number of anilines is 1. The van der Waals surface area contributed by atoms with Crippen molar-refractivity contribution < 1.29 is 24.8 Å². The molecule has 0 radical (unpaired) electrons. The number of nitro groups is 1. The van der Waals surface area contributed by atoms with Gasteiger partial charge in [-0.15, -0.1) is 0 Å². The smallest absolute Gasteiger partial charge is 0.303 e. The molecule has 0 aliphatic heterocycles. The number of carboxylic acids is 1. The minimum Gasteiger partial charge on any atom is -0.481 e. The van der Waals surface area contributed by atoms with Crippen molar-refractivity contribution in [2.24, 2.45) is 5.16 Å². The largest absolute Gasteiger partial charge is 0.481 e. The lowest BCUT2D eigenvalue weighted by atomic mass is 10.1. The quantitative estimate of drug-likeness (QED) is 0.285. The maximum absolute atomic E-state index is 12.2. The summed E-state index contributed by atoms with van der Waals surface area (Å²) in [6.07, 6.45) is -0.140. The lowest BCUT2D eigenvalue weighted by Gasteiger charge is -2.08. The number of carbonyl (C=O) groups excluding carboxylic acids is 1. The van der Waals surface area contributed by atoms with E-state index in [0.717, 1.165) is 6.07 Å². The number of nitrogens with zero attached hydrogens (tertiary/aromatic N) is 2. The Morgan fingerprint density at radius 2 is 1.74 bits per heavy atom. The van der Waals surface area contributed by atoms with Crippen molar-refractivity contribution in [2.75, 3.05) is 5.32 Å². The van der Waals surface area contributed by atoms with E-state index in [4.69, 9.17) is 21.9 Å². The summed E-state index contributed by atoms with van der Waals surface area (Å²) >= 11 is 5.72. The molecular weight excluding hydrogens is 378 g/mol. The van der Waals surface area contributed by atoms with Crippen LogP contribution < -0.4 is 5.32 Å². The standard InChI is InChI=1S/C17H14ClN3O6/c18-13-6-3-11(9-15(13)21(26)27)17(24)19-12-4-1-10(2-5-12)14(20-25)7-8-16(22)23/h1-6,9,25H,7-8H2,(H,19,24)(H,22,23)/b20-14+. The Morgan fingerprint density at radius 1 is 1.11 bits per heavy atom. The number of oxime groups is 1. The topological polar surface area (TPSA) is 142 Å². The van der Waals surface area contributed by atoms with Crippen LogP contribution in [0.5, 0.6) is 0 Å². The minimum atomic E-state index is -1.02. The van der Waals surface area contributed by atoms with E-state index >= 15 is 0 Å². The number of nitro benzene ring substituents is 1. The molecule has 0 aliphatic carbocycles. The normalized spacial score (nSPS) is 11.1. The van der Waals surface area contributed by atoms with Crippen LogP contribution in [0.1, 0.15) is 28.8 Å². The van der Waals surface area contributed by atoms with E-state index in [1.165, 1.54) is 24.3 Å². The number of rotatable bonds is 7. The van der Waals surface area contributed by atoms with Crippen molar-refractivity contribution >= 4 is 40.6 Å². The highest BCUT2D eigenvalue weighted by atomic mass is 35.5. The molecule has 0 saturated carbocycles. The molecule has 0 spiro atoms. The Balaban J connectivity index is 2.12. The molecule has 9 nitrogen and oxygen atoms in total. The molecule has 0 unspecified atom stereocenters. The van der Waals surface area contributed by atoms with Crippen LogP contribution in [-0.2, 0) is 4.79 Å². The van der Waals surface area contributed by atoms with Crippen LogP contribution >= 0.6 is 11.6 Å². The first-order valence-corrected chi connectivity index (χ1v) is 7.98. The lowest BCUT2D eigenvalue weighted by Crippen LogP contribution is -2.12. The number of amides is 1. The van der Waals surface area contributed by atoms with Crippen molar-refractivity contribution in [1.29, 1.82) is 0 Å². The van der Waals surface area contributed by atoms with E-state index in [1.54, 1.807) is 12.1 Å². The van der Waals surface area contributed by atoms with Crippen molar-refractivity contribution in [3.63, 3.8) is 0 Å². The first-order valence-electron chi connectivity index (χ1n) is 7.60. The monoisotopic (exact) mass is 391 g/mol. The Hall–Kier alpha value is -3.46. The molecule has 2 aromatic rings. The van der Waals surface area contributed by atoms with Gasteiger partial charge in [0.1, 0.15) is 5.02 Å². The molecule has 0 aliphatic rings. The van der Waals surface area contributed by atoms with Crippen LogP contribution in [0.25, 0.3) is 0 Å². The molecule has 0 heterocycles. The SMILES string of the molecule is O=C(O)CC/C(=N\O)c1ccc(NC(=O)c2ccc(Cl)c([N+](=O)[O-])c2)cc1. The third-order valence-electron chi connectivity index (χ3n) is 3.58. The first kappa shape index (κ1) is 19.9. The summed E-state index contributed by atoms with van der Waals surface area (Å²) in [6.45, 7) is 0. The fourth-order valence-electron chi connectivity index (χ4n) is 2.22. The number of halogens is 1. The highest BCUT2D eigenvalue weighted by Gasteiger charge is 2.16. The molecular formula is C17H14ClN3O6. The fourth-order valence-corrected chi connectivity index (χ4v) is 2.41. The molecule has 140 valence electrons. The molecule has 2 aromatic carbocycles. The van der Waals surface area contributed by atoms with Crippen LogP contribution in [0.3, 0.4) is 0 Å². The van der Waals surface area contributed by atoms with Gasteiger partial charge in [-0.25, -0.2) is 0 Å². The predicted octanol–water partition coefficient (Wildman–Crippen LogP) is 3.54. The number of hydrogen-bond acceptors (Lipinski definition) is 6. The van der Waals surface area contributed by atoms with Crippen molar-refractivity contribution in [3.8, 4) is 0 Å². The van der Waals surface area contributed by atoms with E-state index in [9.17, 15) is 19.7 Å². The highest BCUT2D eigenvalue weighted by molar-refractivity contribution is 6.32. The van der Waals surface area contributed by atoms with E-state index in [0.29, 0.717) is 11.3 Å². The number of aliphatic carboxylic acids is 1. The number of carbonyl (C=O) groups is 2. The molecule has 0 fully saturated rings. The zero-order chi connectivity index (χ0) is 20.0. The van der Waals surface area contributed by atoms with Gasteiger partial charge in [-0.1, -0.05) is 28.9 Å². The summed E-state index contributed by atoms with van der Waals surface area (Å²) in [4.78, 5) is 33.1. The van der Waals surface area contributed by atoms with E-state index in [-0.39, 0.29) is 34.8 Å². The van der Waals surface area contributed by atoms with Crippen LogP contribution in [0.4, 0.5) is 11.4 Å². The van der Waals surface area contributed by atoms with Gasteiger partial charge in [0.15, 0.2) is 0 Å². The molecule has 0 saturated heterocycles. The van der Waals surface area contributed by atoms with Crippen LogP contribution in [0.2, 0.25) is 5.02 Å². The number of hydrogen-bond donors (Lipinski definition) is 3. The van der Waals surface area contributed by atoms with Gasteiger partial charge in [-0.2, -0.15) is 0 Å². The molecule has 27 heavy (non-hydrogen) atoms. The second-order valence-corrected chi connectivity index (χ2v) is 5.80. The Morgan fingerprint density at radius 3 is 2.30 bits per heavy atom.